The Labute approximate surface area is 94.1 Å². The van der Waals surface area contributed by atoms with Gasteiger partial charge in [0.25, 0.3) is 0 Å². The zero-order valence-corrected chi connectivity index (χ0v) is 10.3. The highest BCUT2D eigenvalue weighted by molar-refractivity contribution is 5.25. The summed E-state index contributed by atoms with van der Waals surface area (Å²) >= 11 is 0. The quantitative estimate of drug-likeness (QED) is 0.653. The Morgan fingerprint density at radius 3 is 2.53 bits per heavy atom. The molecule has 0 aromatic rings. The smallest absolute Gasteiger partial charge is 0.00388 e. The maximum absolute atomic E-state index is 6.07. The molecule has 0 saturated heterocycles. The fraction of sp³-hybridized carbons (Fsp3) is 0.857. The SMILES string of the molecule is CC1CC2=C(CCCC(C(C)N)C1)CC2. The Morgan fingerprint density at radius 1 is 1.20 bits per heavy atom. The first kappa shape index (κ1) is 11.2. The summed E-state index contributed by atoms with van der Waals surface area (Å²) in [5, 5.41) is 0. The van der Waals surface area contributed by atoms with Crippen molar-refractivity contribution >= 4 is 0 Å². The molecule has 0 aromatic carbocycles. The van der Waals surface area contributed by atoms with Crippen molar-refractivity contribution in [3.05, 3.63) is 11.1 Å². The van der Waals surface area contributed by atoms with Crippen molar-refractivity contribution < 1.29 is 0 Å². The summed E-state index contributed by atoms with van der Waals surface area (Å²) in [4.78, 5) is 0. The molecule has 1 nitrogen and oxygen atoms in total. The highest BCUT2D eigenvalue weighted by atomic mass is 14.6. The van der Waals surface area contributed by atoms with E-state index in [1.807, 2.05) is 0 Å². The fourth-order valence-corrected chi connectivity index (χ4v) is 3.22. The summed E-state index contributed by atoms with van der Waals surface area (Å²) in [6.07, 6.45) is 9.57. The molecule has 15 heavy (non-hydrogen) atoms. The second-order valence-corrected chi connectivity index (χ2v) is 5.76. The number of hydrogen-bond acceptors (Lipinski definition) is 1. The molecule has 86 valence electrons. The third-order valence-corrected chi connectivity index (χ3v) is 4.33. The van der Waals surface area contributed by atoms with Crippen LogP contribution in [-0.4, -0.2) is 6.04 Å². The van der Waals surface area contributed by atoms with Gasteiger partial charge in [0, 0.05) is 6.04 Å². The van der Waals surface area contributed by atoms with Crippen LogP contribution in [0.15, 0.2) is 11.1 Å². The van der Waals surface area contributed by atoms with E-state index in [-0.39, 0.29) is 0 Å². The first-order valence-electron chi connectivity index (χ1n) is 6.62. The van der Waals surface area contributed by atoms with Crippen molar-refractivity contribution in [2.24, 2.45) is 17.6 Å². The van der Waals surface area contributed by atoms with Crippen LogP contribution in [0.3, 0.4) is 0 Å². The van der Waals surface area contributed by atoms with E-state index in [1.54, 1.807) is 11.1 Å². The van der Waals surface area contributed by atoms with Crippen LogP contribution in [0.5, 0.6) is 0 Å². The standard InChI is InChI=1S/C14H25N/c1-10-8-13(11(2)15)5-3-4-12-6-7-14(12)9-10/h10-11,13H,3-9,15H2,1-2H3. The monoisotopic (exact) mass is 207 g/mol. The Bertz CT molecular complexity index is 252. The predicted molar refractivity (Wildman–Crippen MR) is 65.6 cm³/mol. The second kappa shape index (κ2) is 4.69. The maximum Gasteiger partial charge on any atom is 0.00388 e. The van der Waals surface area contributed by atoms with Crippen LogP contribution in [0.4, 0.5) is 0 Å². The molecule has 0 amide bonds. The Kier molecular flexibility index (Phi) is 3.50. The van der Waals surface area contributed by atoms with Crippen LogP contribution in [0.25, 0.3) is 0 Å². The van der Waals surface area contributed by atoms with E-state index in [0.717, 1.165) is 11.8 Å². The maximum atomic E-state index is 6.07. The van der Waals surface area contributed by atoms with Crippen LogP contribution in [-0.2, 0) is 0 Å². The van der Waals surface area contributed by atoms with Crippen molar-refractivity contribution in [2.45, 2.75) is 64.8 Å². The molecule has 0 aromatic heterocycles. The summed E-state index contributed by atoms with van der Waals surface area (Å²) in [5.74, 6) is 1.61. The van der Waals surface area contributed by atoms with Crippen LogP contribution in [0.1, 0.15) is 58.8 Å². The lowest BCUT2D eigenvalue weighted by atomic mass is 9.80. The summed E-state index contributed by atoms with van der Waals surface area (Å²) in [6, 6.07) is 0.387. The van der Waals surface area contributed by atoms with Gasteiger partial charge in [0.15, 0.2) is 0 Å². The van der Waals surface area contributed by atoms with E-state index in [2.05, 4.69) is 13.8 Å². The first-order chi connectivity index (χ1) is 7.16. The van der Waals surface area contributed by atoms with Gasteiger partial charge in [-0.2, -0.15) is 0 Å². The van der Waals surface area contributed by atoms with Crippen LogP contribution in [0.2, 0.25) is 0 Å². The van der Waals surface area contributed by atoms with Gasteiger partial charge in [-0.25, -0.2) is 0 Å². The number of rotatable bonds is 1. The van der Waals surface area contributed by atoms with Crippen molar-refractivity contribution in [1.29, 1.82) is 0 Å². The lowest BCUT2D eigenvalue weighted by molar-refractivity contribution is 0.323. The van der Waals surface area contributed by atoms with Gasteiger partial charge in [-0.1, -0.05) is 18.1 Å². The predicted octanol–water partition coefficient (Wildman–Crippen LogP) is 3.64. The molecule has 3 unspecified atom stereocenters. The topological polar surface area (TPSA) is 26.0 Å². The molecule has 0 fully saturated rings. The van der Waals surface area contributed by atoms with Gasteiger partial charge in [-0.05, 0) is 63.7 Å². The molecule has 1 heteroatoms. The normalized spacial score (nSPS) is 34.6. The Hall–Kier alpha value is -0.300. The largest absolute Gasteiger partial charge is 0.328 e. The molecule has 0 aliphatic heterocycles. The van der Waals surface area contributed by atoms with Crippen molar-refractivity contribution in [1.82, 2.24) is 0 Å². The molecule has 2 N–H and O–H groups in total. The van der Waals surface area contributed by atoms with Crippen molar-refractivity contribution in [2.75, 3.05) is 0 Å². The summed E-state index contributed by atoms with van der Waals surface area (Å²) in [6.45, 7) is 4.59. The van der Waals surface area contributed by atoms with Crippen molar-refractivity contribution in [3.63, 3.8) is 0 Å². The van der Waals surface area contributed by atoms with Gasteiger partial charge in [-0.3, -0.25) is 0 Å². The minimum absolute atomic E-state index is 0.387. The summed E-state index contributed by atoms with van der Waals surface area (Å²) in [7, 11) is 0. The van der Waals surface area contributed by atoms with Crippen LogP contribution in [0, 0.1) is 11.8 Å². The Balaban J connectivity index is 1.99. The summed E-state index contributed by atoms with van der Waals surface area (Å²) < 4.78 is 0. The third-order valence-electron chi connectivity index (χ3n) is 4.33. The fourth-order valence-electron chi connectivity index (χ4n) is 3.22. The number of hydrogen-bond donors (Lipinski definition) is 1. The number of nitrogens with two attached hydrogens (primary N) is 1. The third kappa shape index (κ3) is 2.63. The Morgan fingerprint density at radius 2 is 1.93 bits per heavy atom. The van der Waals surface area contributed by atoms with Gasteiger partial charge in [0.05, 0.1) is 0 Å². The number of allylic oxidation sites excluding steroid dienone is 2. The first-order valence-corrected chi connectivity index (χ1v) is 6.62. The zero-order valence-electron chi connectivity index (χ0n) is 10.3. The molecule has 0 heterocycles. The molecular weight excluding hydrogens is 182 g/mol. The molecule has 0 radical (unpaired) electrons. The average Bonchev–Trinajstić information content (AvgIpc) is 2.20. The van der Waals surface area contributed by atoms with Crippen LogP contribution >= 0.6 is 0 Å². The lowest BCUT2D eigenvalue weighted by Gasteiger charge is -2.26. The van der Waals surface area contributed by atoms with E-state index in [9.17, 15) is 0 Å². The molecule has 2 aliphatic carbocycles. The van der Waals surface area contributed by atoms with Gasteiger partial charge < -0.3 is 5.73 Å². The van der Waals surface area contributed by atoms with Crippen molar-refractivity contribution in [3.8, 4) is 0 Å². The molecule has 3 atom stereocenters. The van der Waals surface area contributed by atoms with E-state index >= 15 is 0 Å². The summed E-state index contributed by atoms with van der Waals surface area (Å²) in [5.41, 5.74) is 9.67. The zero-order chi connectivity index (χ0) is 10.8. The van der Waals surface area contributed by atoms with E-state index in [1.165, 1.54) is 44.9 Å². The average molecular weight is 207 g/mol. The van der Waals surface area contributed by atoms with E-state index < -0.39 is 0 Å². The van der Waals surface area contributed by atoms with Gasteiger partial charge >= 0.3 is 0 Å². The molecular formula is C14H25N. The lowest BCUT2D eigenvalue weighted by Crippen LogP contribution is -2.28. The minimum Gasteiger partial charge on any atom is -0.328 e. The molecule has 0 bridgehead atoms. The molecule has 0 saturated carbocycles. The highest BCUT2D eigenvalue weighted by Crippen LogP contribution is 2.39. The minimum atomic E-state index is 0.387. The van der Waals surface area contributed by atoms with E-state index in [0.29, 0.717) is 6.04 Å². The molecule has 2 aliphatic rings. The van der Waals surface area contributed by atoms with E-state index in [4.69, 9.17) is 5.73 Å². The second-order valence-electron chi connectivity index (χ2n) is 5.76. The van der Waals surface area contributed by atoms with Gasteiger partial charge in [0.2, 0.25) is 0 Å². The van der Waals surface area contributed by atoms with Crippen LogP contribution < -0.4 is 5.73 Å². The van der Waals surface area contributed by atoms with Gasteiger partial charge in [0.1, 0.15) is 0 Å². The molecule has 0 spiro atoms. The van der Waals surface area contributed by atoms with Gasteiger partial charge in [-0.15, -0.1) is 0 Å². The highest BCUT2D eigenvalue weighted by Gasteiger charge is 2.24. The molecule has 2 rings (SSSR count).